The van der Waals surface area contributed by atoms with Gasteiger partial charge in [-0.25, -0.2) is 8.42 Å². The Kier molecular flexibility index (Phi) is 4.15. The molecule has 0 atom stereocenters. The zero-order chi connectivity index (χ0) is 14.9. The van der Waals surface area contributed by atoms with Crippen molar-refractivity contribution in [2.75, 3.05) is 0 Å². The molecule has 0 saturated heterocycles. The van der Waals surface area contributed by atoms with Crippen LogP contribution in [0.4, 0.5) is 0 Å². The Morgan fingerprint density at radius 2 is 1.75 bits per heavy atom. The number of hydrogen-bond acceptors (Lipinski definition) is 4. The summed E-state index contributed by atoms with van der Waals surface area (Å²) in [5.41, 5.74) is 1.07. The lowest BCUT2D eigenvalue weighted by atomic mass is 10.2. The Hall–Kier alpha value is -1.40. The van der Waals surface area contributed by atoms with E-state index in [2.05, 4.69) is 5.16 Å². The van der Waals surface area contributed by atoms with Crippen molar-refractivity contribution in [2.45, 2.75) is 45.5 Å². The van der Waals surface area contributed by atoms with E-state index < -0.39 is 10.0 Å². The molecule has 0 spiro atoms. The van der Waals surface area contributed by atoms with E-state index in [9.17, 15) is 8.42 Å². The number of fused-ring (bicyclic) bond motifs is 1. The minimum atomic E-state index is -3.42. The van der Waals surface area contributed by atoms with Crippen molar-refractivity contribution in [1.82, 2.24) is 9.46 Å². The predicted molar refractivity (Wildman–Crippen MR) is 78.7 cm³/mol. The van der Waals surface area contributed by atoms with Crippen LogP contribution in [0.5, 0.6) is 0 Å². The minimum absolute atomic E-state index is 0.0850. The molecule has 110 valence electrons. The molecule has 0 amide bonds. The average Bonchev–Trinajstić information content (AvgIpc) is 2.70. The Balaban J connectivity index is 2.37. The highest BCUT2D eigenvalue weighted by atomic mass is 32.2. The van der Waals surface area contributed by atoms with E-state index >= 15 is 0 Å². The minimum Gasteiger partial charge on any atom is -0.356 e. The fraction of sp³-hybridized carbons (Fsp3) is 0.500. The first-order valence-corrected chi connectivity index (χ1v) is 8.28. The highest BCUT2D eigenvalue weighted by Gasteiger charge is 2.29. The molecule has 20 heavy (non-hydrogen) atoms. The van der Waals surface area contributed by atoms with Gasteiger partial charge in [0.2, 0.25) is 10.0 Å². The maximum Gasteiger partial charge on any atom is 0.220 e. The van der Waals surface area contributed by atoms with Crippen LogP contribution in [0.15, 0.2) is 28.8 Å². The zero-order valence-electron chi connectivity index (χ0n) is 12.2. The van der Waals surface area contributed by atoms with Crippen molar-refractivity contribution in [2.24, 2.45) is 0 Å². The van der Waals surface area contributed by atoms with E-state index in [1.165, 1.54) is 4.31 Å². The van der Waals surface area contributed by atoms with Crippen LogP contribution < -0.4 is 0 Å². The summed E-state index contributed by atoms with van der Waals surface area (Å²) < 4.78 is 31.8. The van der Waals surface area contributed by atoms with Gasteiger partial charge in [-0.15, -0.1) is 0 Å². The molecular formula is C14H20N2O3S. The molecule has 6 heteroatoms. The van der Waals surface area contributed by atoms with Crippen LogP contribution in [0.3, 0.4) is 0 Å². The van der Waals surface area contributed by atoms with Crippen molar-refractivity contribution >= 4 is 21.0 Å². The molecule has 1 aromatic carbocycles. The summed E-state index contributed by atoms with van der Waals surface area (Å²) in [6, 6.07) is 7.11. The maximum atomic E-state index is 12.6. The third-order valence-corrected chi connectivity index (χ3v) is 5.23. The Morgan fingerprint density at radius 3 is 2.35 bits per heavy atom. The van der Waals surface area contributed by atoms with Crippen LogP contribution in [0.25, 0.3) is 11.0 Å². The first-order valence-electron chi connectivity index (χ1n) is 6.67. The Labute approximate surface area is 119 Å². The number of para-hydroxylation sites is 1. The van der Waals surface area contributed by atoms with Gasteiger partial charge in [-0.05, 0) is 39.8 Å². The van der Waals surface area contributed by atoms with Gasteiger partial charge in [0.25, 0.3) is 0 Å². The normalized spacial score (nSPS) is 12.9. The maximum absolute atomic E-state index is 12.6. The van der Waals surface area contributed by atoms with E-state index in [-0.39, 0.29) is 17.8 Å². The smallest absolute Gasteiger partial charge is 0.220 e. The quantitative estimate of drug-likeness (QED) is 0.851. The summed E-state index contributed by atoms with van der Waals surface area (Å²) in [6.07, 6.45) is 0. The number of benzene rings is 1. The molecule has 2 aromatic rings. The topological polar surface area (TPSA) is 63.4 Å². The van der Waals surface area contributed by atoms with Crippen molar-refractivity contribution in [1.29, 1.82) is 0 Å². The predicted octanol–water partition coefficient (Wildman–Crippen LogP) is 2.78. The van der Waals surface area contributed by atoms with Crippen LogP contribution in [-0.4, -0.2) is 30.0 Å². The van der Waals surface area contributed by atoms with Crippen LogP contribution in [-0.2, 0) is 15.8 Å². The molecule has 2 rings (SSSR count). The lowest BCUT2D eigenvalue weighted by Gasteiger charge is -2.29. The fourth-order valence-corrected chi connectivity index (χ4v) is 4.52. The molecule has 1 heterocycles. The lowest BCUT2D eigenvalue weighted by Crippen LogP contribution is -2.42. The van der Waals surface area contributed by atoms with Crippen molar-refractivity contribution in [3.8, 4) is 0 Å². The second kappa shape index (κ2) is 5.54. The molecule has 0 aliphatic rings. The molecule has 0 N–H and O–H groups in total. The third-order valence-electron chi connectivity index (χ3n) is 3.11. The second-order valence-corrected chi connectivity index (χ2v) is 7.27. The zero-order valence-corrected chi connectivity index (χ0v) is 13.0. The van der Waals surface area contributed by atoms with Crippen LogP contribution >= 0.6 is 0 Å². The second-order valence-electron chi connectivity index (χ2n) is 5.40. The van der Waals surface area contributed by atoms with Gasteiger partial charge < -0.3 is 4.52 Å². The number of aromatic nitrogens is 1. The molecule has 0 aliphatic heterocycles. The van der Waals surface area contributed by atoms with Gasteiger partial charge in [-0.2, -0.15) is 4.31 Å². The molecule has 1 aromatic heterocycles. The molecular weight excluding hydrogens is 276 g/mol. The molecule has 0 unspecified atom stereocenters. The SMILES string of the molecule is CC(C)N(C(C)C)S(=O)(=O)Cc1noc2ccccc12. The van der Waals surface area contributed by atoms with Gasteiger partial charge in [-0.1, -0.05) is 17.3 Å². The summed E-state index contributed by atoms with van der Waals surface area (Å²) >= 11 is 0. The van der Waals surface area contributed by atoms with E-state index in [4.69, 9.17) is 4.52 Å². The number of sulfonamides is 1. The van der Waals surface area contributed by atoms with Crippen LogP contribution in [0, 0.1) is 0 Å². The van der Waals surface area contributed by atoms with E-state index in [0.717, 1.165) is 5.39 Å². The molecule has 0 bridgehead atoms. The molecule has 0 radical (unpaired) electrons. The first kappa shape index (κ1) is 15.0. The monoisotopic (exact) mass is 296 g/mol. The Morgan fingerprint density at radius 1 is 1.15 bits per heavy atom. The average molecular weight is 296 g/mol. The van der Waals surface area contributed by atoms with Gasteiger partial charge in [0.15, 0.2) is 5.58 Å². The van der Waals surface area contributed by atoms with E-state index in [1.807, 2.05) is 45.9 Å². The number of hydrogen-bond donors (Lipinski definition) is 0. The number of rotatable bonds is 5. The molecule has 5 nitrogen and oxygen atoms in total. The molecule has 0 saturated carbocycles. The summed E-state index contributed by atoms with van der Waals surface area (Å²) in [4.78, 5) is 0. The van der Waals surface area contributed by atoms with Gasteiger partial charge in [-0.3, -0.25) is 0 Å². The first-order chi connectivity index (χ1) is 9.33. The van der Waals surface area contributed by atoms with Crippen molar-refractivity contribution < 1.29 is 12.9 Å². The van der Waals surface area contributed by atoms with Crippen LogP contribution in [0.2, 0.25) is 0 Å². The highest BCUT2D eigenvalue weighted by molar-refractivity contribution is 7.88. The summed E-state index contributed by atoms with van der Waals surface area (Å²) in [5, 5.41) is 4.65. The molecule has 0 fully saturated rings. The van der Waals surface area contributed by atoms with Gasteiger partial charge in [0, 0.05) is 17.5 Å². The van der Waals surface area contributed by atoms with Gasteiger partial charge in [0.05, 0.1) is 0 Å². The fourth-order valence-electron chi connectivity index (χ4n) is 2.53. The van der Waals surface area contributed by atoms with Crippen molar-refractivity contribution in [3.05, 3.63) is 30.0 Å². The summed E-state index contributed by atoms with van der Waals surface area (Å²) in [5.74, 6) is -0.139. The molecule has 0 aliphatic carbocycles. The van der Waals surface area contributed by atoms with Crippen molar-refractivity contribution in [3.63, 3.8) is 0 Å². The lowest BCUT2D eigenvalue weighted by molar-refractivity contribution is 0.301. The Bertz CT molecular complexity index is 681. The van der Waals surface area contributed by atoms with Gasteiger partial charge >= 0.3 is 0 Å². The largest absolute Gasteiger partial charge is 0.356 e. The summed E-state index contributed by atoms with van der Waals surface area (Å²) in [6.45, 7) is 7.49. The highest BCUT2D eigenvalue weighted by Crippen LogP contribution is 2.22. The van der Waals surface area contributed by atoms with E-state index in [0.29, 0.717) is 11.3 Å². The number of nitrogens with zero attached hydrogens (tertiary/aromatic N) is 2. The van der Waals surface area contributed by atoms with E-state index in [1.54, 1.807) is 6.07 Å². The standard InChI is InChI=1S/C14H20N2O3S/c1-10(2)16(11(3)4)20(17,18)9-13-12-7-5-6-8-14(12)19-15-13/h5-8,10-11H,9H2,1-4H3. The van der Waals surface area contributed by atoms with Crippen LogP contribution in [0.1, 0.15) is 33.4 Å². The summed E-state index contributed by atoms with van der Waals surface area (Å²) in [7, 11) is -3.42. The van der Waals surface area contributed by atoms with Gasteiger partial charge in [0.1, 0.15) is 11.4 Å². The third kappa shape index (κ3) is 2.86.